The third kappa shape index (κ3) is 5.21. The highest BCUT2D eigenvalue weighted by molar-refractivity contribution is 7.98. The van der Waals surface area contributed by atoms with Gasteiger partial charge in [-0.1, -0.05) is 0 Å². The van der Waals surface area contributed by atoms with Crippen LogP contribution in [0.5, 0.6) is 0 Å². The van der Waals surface area contributed by atoms with Crippen LogP contribution < -0.4 is 11.1 Å². The minimum absolute atomic E-state index is 0.301. The second-order valence-corrected chi connectivity index (χ2v) is 7.24. The molecule has 1 aliphatic heterocycles. The first-order valence-electron chi connectivity index (χ1n) is 8.49. The molecule has 1 saturated heterocycles. The molecule has 0 saturated carbocycles. The number of thioether (sulfide) groups is 1. The Kier molecular flexibility index (Phi) is 7.46. The number of carbonyl (C=O) groups is 3. The third-order valence-corrected chi connectivity index (χ3v) is 5.02. The van der Waals surface area contributed by atoms with Gasteiger partial charge in [-0.25, -0.2) is 9.78 Å². The molecule has 0 aliphatic carbocycles. The second kappa shape index (κ2) is 9.58. The van der Waals surface area contributed by atoms with Crippen molar-refractivity contribution in [3.63, 3.8) is 0 Å². The molecular weight excluding hydrogens is 358 g/mol. The van der Waals surface area contributed by atoms with E-state index in [0.717, 1.165) is 5.69 Å². The van der Waals surface area contributed by atoms with Crippen LogP contribution in [-0.4, -0.2) is 74.4 Å². The number of nitrogens with one attached hydrogen (secondary N) is 2. The fraction of sp³-hybridized carbons (Fsp3) is 0.625. The summed E-state index contributed by atoms with van der Waals surface area (Å²) in [5.41, 5.74) is 6.74. The number of H-pyrrole nitrogens is 1. The highest BCUT2D eigenvalue weighted by Crippen LogP contribution is 2.19. The molecule has 0 aromatic carbocycles. The summed E-state index contributed by atoms with van der Waals surface area (Å²) in [7, 11) is 0. The SMILES string of the molecule is CSCC[C@H](NC(=O)[C@@H]1CCCN1C(=O)[C@@H](N)Cc1cnc[nH]1)C(=O)O. The summed E-state index contributed by atoms with van der Waals surface area (Å²) in [5, 5.41) is 11.8. The summed E-state index contributed by atoms with van der Waals surface area (Å²) in [5.74, 6) is -1.19. The zero-order chi connectivity index (χ0) is 19.1. The molecule has 0 radical (unpaired) electrons. The van der Waals surface area contributed by atoms with Gasteiger partial charge in [0, 0.05) is 24.9 Å². The van der Waals surface area contributed by atoms with Crippen LogP contribution in [0, 0.1) is 0 Å². The normalized spacial score (nSPS) is 19.2. The van der Waals surface area contributed by atoms with Crippen molar-refractivity contribution in [3.05, 3.63) is 18.2 Å². The number of hydrogen-bond acceptors (Lipinski definition) is 6. The van der Waals surface area contributed by atoms with E-state index < -0.39 is 30.0 Å². The van der Waals surface area contributed by atoms with E-state index in [-0.39, 0.29) is 5.91 Å². The number of amides is 2. The molecule has 1 aliphatic rings. The molecule has 2 amide bonds. The standard InChI is InChI=1S/C16H25N5O4S/c1-26-6-4-12(16(24)25)20-14(22)13-3-2-5-21(13)15(23)11(17)7-10-8-18-9-19-10/h8-9,11-13H,2-7,17H2,1H3,(H,18,19)(H,20,22)(H,24,25)/t11-,12-,13-/m0/s1. The molecule has 1 aromatic rings. The summed E-state index contributed by atoms with van der Waals surface area (Å²) < 4.78 is 0. The van der Waals surface area contributed by atoms with Crippen molar-refractivity contribution in [2.45, 2.75) is 43.8 Å². The molecule has 3 atom stereocenters. The van der Waals surface area contributed by atoms with Gasteiger partial charge in [0.25, 0.3) is 0 Å². The number of carbonyl (C=O) groups excluding carboxylic acids is 2. The topological polar surface area (TPSA) is 141 Å². The molecule has 1 aromatic heterocycles. The zero-order valence-corrected chi connectivity index (χ0v) is 15.5. The van der Waals surface area contributed by atoms with Crippen molar-refractivity contribution in [2.24, 2.45) is 5.73 Å². The van der Waals surface area contributed by atoms with Crippen molar-refractivity contribution in [1.29, 1.82) is 0 Å². The number of nitrogens with zero attached hydrogens (tertiary/aromatic N) is 2. The number of aliphatic carboxylic acids is 1. The molecule has 0 spiro atoms. The van der Waals surface area contributed by atoms with Crippen LogP contribution in [0.1, 0.15) is 25.0 Å². The molecule has 26 heavy (non-hydrogen) atoms. The zero-order valence-electron chi connectivity index (χ0n) is 14.7. The van der Waals surface area contributed by atoms with Gasteiger partial charge in [-0.05, 0) is 31.3 Å². The molecule has 2 rings (SSSR count). The van der Waals surface area contributed by atoms with E-state index in [1.54, 1.807) is 6.20 Å². The second-order valence-electron chi connectivity index (χ2n) is 6.26. The van der Waals surface area contributed by atoms with Gasteiger partial charge in [-0.15, -0.1) is 0 Å². The van der Waals surface area contributed by atoms with E-state index in [1.165, 1.54) is 23.0 Å². The highest BCUT2D eigenvalue weighted by atomic mass is 32.2. The summed E-state index contributed by atoms with van der Waals surface area (Å²) in [6.45, 7) is 0.441. The fourth-order valence-corrected chi connectivity index (χ4v) is 3.47. The molecule has 144 valence electrons. The maximum Gasteiger partial charge on any atom is 0.326 e. The van der Waals surface area contributed by atoms with E-state index in [0.29, 0.717) is 38.0 Å². The molecule has 2 heterocycles. The summed E-state index contributed by atoms with van der Waals surface area (Å²) in [6.07, 6.45) is 6.81. The maximum atomic E-state index is 12.6. The Morgan fingerprint density at radius 2 is 2.31 bits per heavy atom. The maximum absolute atomic E-state index is 12.6. The minimum Gasteiger partial charge on any atom is -0.480 e. The van der Waals surface area contributed by atoms with Crippen LogP contribution in [0.4, 0.5) is 0 Å². The van der Waals surface area contributed by atoms with E-state index >= 15 is 0 Å². The quantitative estimate of drug-likeness (QED) is 0.454. The van der Waals surface area contributed by atoms with Gasteiger partial charge in [0.15, 0.2) is 0 Å². The lowest BCUT2D eigenvalue weighted by Gasteiger charge is -2.27. The van der Waals surface area contributed by atoms with Gasteiger partial charge in [0.05, 0.1) is 12.4 Å². The monoisotopic (exact) mass is 383 g/mol. The molecule has 9 nitrogen and oxygen atoms in total. The Labute approximate surface area is 156 Å². The van der Waals surface area contributed by atoms with Gasteiger partial charge >= 0.3 is 5.97 Å². The number of aromatic nitrogens is 2. The number of imidazole rings is 1. The smallest absolute Gasteiger partial charge is 0.326 e. The molecule has 1 fully saturated rings. The molecule has 0 bridgehead atoms. The lowest BCUT2D eigenvalue weighted by Crippen LogP contribution is -2.54. The first kappa shape index (κ1) is 20.2. The Balaban J connectivity index is 1.97. The van der Waals surface area contributed by atoms with Gasteiger partial charge in [0.1, 0.15) is 12.1 Å². The Morgan fingerprint density at radius 1 is 1.54 bits per heavy atom. The Bertz CT molecular complexity index is 624. The number of nitrogens with two attached hydrogens (primary N) is 1. The van der Waals surface area contributed by atoms with Crippen LogP contribution in [0.3, 0.4) is 0 Å². The predicted molar refractivity (Wildman–Crippen MR) is 97.6 cm³/mol. The van der Waals surface area contributed by atoms with E-state index in [9.17, 15) is 19.5 Å². The van der Waals surface area contributed by atoms with Crippen molar-refractivity contribution in [3.8, 4) is 0 Å². The lowest BCUT2D eigenvalue weighted by molar-refractivity contribution is -0.144. The van der Waals surface area contributed by atoms with E-state index in [1.807, 2.05) is 6.26 Å². The third-order valence-electron chi connectivity index (χ3n) is 4.38. The number of likely N-dealkylation sites (tertiary alicyclic amines) is 1. The minimum atomic E-state index is -1.07. The van der Waals surface area contributed by atoms with E-state index in [2.05, 4.69) is 15.3 Å². The molecular formula is C16H25N5O4S. The van der Waals surface area contributed by atoms with Gasteiger partial charge < -0.3 is 26.0 Å². The summed E-state index contributed by atoms with van der Waals surface area (Å²) in [4.78, 5) is 44.8. The number of carboxylic acid groups (broad SMARTS) is 1. The first-order chi connectivity index (χ1) is 12.4. The van der Waals surface area contributed by atoms with Crippen molar-refractivity contribution in [2.75, 3.05) is 18.6 Å². The van der Waals surface area contributed by atoms with E-state index in [4.69, 9.17) is 5.73 Å². The van der Waals surface area contributed by atoms with Gasteiger partial charge in [-0.3, -0.25) is 9.59 Å². The van der Waals surface area contributed by atoms with Crippen molar-refractivity contribution < 1.29 is 19.5 Å². The molecule has 10 heteroatoms. The highest BCUT2D eigenvalue weighted by Gasteiger charge is 2.37. The fourth-order valence-electron chi connectivity index (χ4n) is 3.00. The molecule has 0 unspecified atom stereocenters. The molecule has 5 N–H and O–H groups in total. The average Bonchev–Trinajstić information content (AvgIpc) is 3.28. The average molecular weight is 383 g/mol. The summed E-state index contributed by atoms with van der Waals surface area (Å²) >= 11 is 1.51. The predicted octanol–water partition coefficient (Wildman–Crippen LogP) is -0.407. The number of aromatic amines is 1. The largest absolute Gasteiger partial charge is 0.480 e. The van der Waals surface area contributed by atoms with Crippen molar-refractivity contribution in [1.82, 2.24) is 20.2 Å². The summed E-state index contributed by atoms with van der Waals surface area (Å²) in [6, 6.07) is -2.41. The van der Waals surface area contributed by atoms with Gasteiger partial charge in [-0.2, -0.15) is 11.8 Å². The first-order valence-corrected chi connectivity index (χ1v) is 9.88. The van der Waals surface area contributed by atoms with Crippen molar-refractivity contribution >= 4 is 29.5 Å². The number of rotatable bonds is 9. The Morgan fingerprint density at radius 3 is 2.92 bits per heavy atom. The van der Waals surface area contributed by atoms with Crippen LogP contribution in [0.2, 0.25) is 0 Å². The van der Waals surface area contributed by atoms with Crippen LogP contribution >= 0.6 is 11.8 Å². The lowest BCUT2D eigenvalue weighted by atomic mass is 10.1. The van der Waals surface area contributed by atoms with Crippen LogP contribution in [-0.2, 0) is 20.8 Å². The number of hydrogen-bond donors (Lipinski definition) is 4. The Hall–Kier alpha value is -2.07. The van der Waals surface area contributed by atoms with Gasteiger partial charge in [0.2, 0.25) is 11.8 Å². The number of carboxylic acids is 1. The van der Waals surface area contributed by atoms with Crippen LogP contribution in [0.15, 0.2) is 12.5 Å². The van der Waals surface area contributed by atoms with Crippen LogP contribution in [0.25, 0.3) is 0 Å².